The number of benzene rings is 1. The van der Waals surface area contributed by atoms with Crippen molar-refractivity contribution in [3.05, 3.63) is 29.8 Å². The molecule has 1 saturated carbocycles. The zero-order valence-electron chi connectivity index (χ0n) is 14.4. The summed E-state index contributed by atoms with van der Waals surface area (Å²) in [5, 5.41) is 5.73. The van der Waals surface area contributed by atoms with Crippen LogP contribution < -0.4 is 10.6 Å². The molecule has 1 heterocycles. The monoisotopic (exact) mass is 329 g/mol. The Kier molecular flexibility index (Phi) is 5.51. The van der Waals surface area contributed by atoms with Crippen molar-refractivity contribution in [2.75, 3.05) is 12.4 Å². The van der Waals surface area contributed by atoms with E-state index in [1.165, 1.54) is 32.1 Å². The fourth-order valence-corrected chi connectivity index (χ4v) is 3.73. The predicted molar refractivity (Wildman–Crippen MR) is 94.6 cm³/mol. The lowest BCUT2D eigenvalue weighted by Crippen LogP contribution is -2.37. The average molecular weight is 329 g/mol. The van der Waals surface area contributed by atoms with Gasteiger partial charge in [-0.2, -0.15) is 0 Å². The minimum Gasteiger partial charge on any atom is -0.344 e. The first-order valence-corrected chi connectivity index (χ1v) is 9.02. The van der Waals surface area contributed by atoms with Crippen LogP contribution in [0.15, 0.2) is 24.3 Å². The van der Waals surface area contributed by atoms with Gasteiger partial charge in [-0.15, -0.1) is 0 Å². The number of amides is 2. The van der Waals surface area contributed by atoms with Gasteiger partial charge in [-0.25, -0.2) is 0 Å². The summed E-state index contributed by atoms with van der Waals surface area (Å²) in [6.45, 7) is 0.831. The number of anilines is 1. The van der Waals surface area contributed by atoms with Gasteiger partial charge >= 0.3 is 0 Å². The second kappa shape index (κ2) is 7.79. The summed E-state index contributed by atoms with van der Waals surface area (Å²) in [5.74, 6) is -0.158. The van der Waals surface area contributed by atoms with Crippen molar-refractivity contribution in [3.8, 4) is 0 Å². The van der Waals surface area contributed by atoms with Crippen LogP contribution in [0.5, 0.6) is 0 Å². The van der Waals surface area contributed by atoms with Crippen LogP contribution in [0.3, 0.4) is 0 Å². The van der Waals surface area contributed by atoms with Crippen molar-refractivity contribution in [1.29, 1.82) is 0 Å². The summed E-state index contributed by atoms with van der Waals surface area (Å²) < 4.78 is 0. The van der Waals surface area contributed by atoms with E-state index >= 15 is 0 Å². The minimum atomic E-state index is -0.401. The van der Waals surface area contributed by atoms with Crippen LogP contribution in [0.4, 0.5) is 5.69 Å². The van der Waals surface area contributed by atoms with E-state index in [9.17, 15) is 9.59 Å². The topological polar surface area (TPSA) is 61.4 Å². The Balaban J connectivity index is 1.64. The highest BCUT2D eigenvalue weighted by atomic mass is 16.2. The van der Waals surface area contributed by atoms with Crippen molar-refractivity contribution in [2.45, 2.75) is 63.6 Å². The Morgan fingerprint density at radius 1 is 1.21 bits per heavy atom. The second-order valence-electron chi connectivity index (χ2n) is 7.01. The van der Waals surface area contributed by atoms with Crippen LogP contribution in [0.1, 0.15) is 50.5 Å². The predicted octanol–water partition coefficient (Wildman–Crippen LogP) is 2.67. The second-order valence-corrected chi connectivity index (χ2v) is 7.01. The minimum absolute atomic E-state index is 0.0412. The summed E-state index contributed by atoms with van der Waals surface area (Å²) >= 11 is 0. The number of hydrogen-bond donors (Lipinski definition) is 2. The molecule has 5 heteroatoms. The molecule has 2 N–H and O–H groups in total. The van der Waals surface area contributed by atoms with E-state index in [0.29, 0.717) is 18.9 Å². The zero-order valence-corrected chi connectivity index (χ0v) is 14.4. The molecule has 1 aromatic rings. The number of para-hydroxylation sites is 1. The van der Waals surface area contributed by atoms with Crippen molar-refractivity contribution in [1.82, 2.24) is 10.2 Å². The summed E-state index contributed by atoms with van der Waals surface area (Å²) in [4.78, 5) is 26.1. The van der Waals surface area contributed by atoms with Gasteiger partial charge in [-0.3, -0.25) is 14.5 Å². The molecule has 1 unspecified atom stereocenters. The van der Waals surface area contributed by atoms with E-state index in [4.69, 9.17) is 0 Å². The lowest BCUT2D eigenvalue weighted by atomic mass is 9.94. The highest BCUT2D eigenvalue weighted by molar-refractivity contribution is 5.99. The van der Waals surface area contributed by atoms with Crippen LogP contribution in [-0.4, -0.2) is 35.8 Å². The van der Waals surface area contributed by atoms with Gasteiger partial charge in [0, 0.05) is 24.7 Å². The number of nitrogens with zero attached hydrogens (tertiary/aromatic N) is 1. The van der Waals surface area contributed by atoms with Gasteiger partial charge in [0.05, 0.1) is 0 Å². The third-order valence-corrected chi connectivity index (χ3v) is 5.20. The normalized spacial score (nSPS) is 21.8. The number of hydrogen-bond acceptors (Lipinski definition) is 3. The quantitative estimate of drug-likeness (QED) is 0.873. The third kappa shape index (κ3) is 4.15. The molecular weight excluding hydrogens is 302 g/mol. The van der Waals surface area contributed by atoms with Gasteiger partial charge in [0.2, 0.25) is 11.8 Å². The molecule has 24 heavy (non-hydrogen) atoms. The first-order chi connectivity index (χ1) is 11.6. The Labute approximate surface area is 143 Å². The Morgan fingerprint density at radius 2 is 1.96 bits per heavy atom. The number of nitrogens with one attached hydrogen (secondary N) is 2. The Morgan fingerprint density at radius 3 is 2.67 bits per heavy atom. The summed E-state index contributed by atoms with van der Waals surface area (Å²) in [7, 11) is 2.17. The molecule has 0 aromatic heterocycles. The molecular formula is C19H27N3O2. The molecule has 5 nitrogen and oxygen atoms in total. The molecule has 130 valence electrons. The molecule has 2 aliphatic rings. The molecule has 0 radical (unpaired) electrons. The molecule has 2 fully saturated rings. The average Bonchev–Trinajstić information content (AvgIpc) is 3.04. The van der Waals surface area contributed by atoms with Crippen molar-refractivity contribution in [2.24, 2.45) is 0 Å². The Hall–Kier alpha value is -1.88. The molecule has 0 spiro atoms. The van der Waals surface area contributed by atoms with Crippen LogP contribution in [0, 0.1) is 0 Å². The lowest BCUT2D eigenvalue weighted by Gasteiger charge is -2.31. The molecule has 1 aromatic carbocycles. The van der Waals surface area contributed by atoms with E-state index in [-0.39, 0.29) is 11.8 Å². The standard InChI is InChI=1S/C19H27N3O2/c1-22(15-8-3-2-4-9-15)13-14-7-5-6-10-16(14)21-19(24)17-11-12-18(23)20-17/h5-7,10,15,17H,2-4,8-9,11-13H2,1H3,(H,20,23)(H,21,24). The molecule has 2 amide bonds. The Bertz CT molecular complexity index is 596. The summed E-state index contributed by atoms with van der Waals surface area (Å²) in [6.07, 6.45) is 7.52. The smallest absolute Gasteiger partial charge is 0.246 e. The number of carbonyl (C=O) groups is 2. The number of carbonyl (C=O) groups excluding carboxylic acids is 2. The van der Waals surface area contributed by atoms with Crippen molar-refractivity contribution < 1.29 is 9.59 Å². The van der Waals surface area contributed by atoms with Gasteiger partial charge in [0.1, 0.15) is 6.04 Å². The first-order valence-electron chi connectivity index (χ1n) is 9.02. The maximum atomic E-state index is 12.4. The maximum Gasteiger partial charge on any atom is 0.246 e. The largest absolute Gasteiger partial charge is 0.344 e. The van der Waals surface area contributed by atoms with Gasteiger partial charge < -0.3 is 10.6 Å². The van der Waals surface area contributed by atoms with Crippen LogP contribution in [0.2, 0.25) is 0 Å². The van der Waals surface area contributed by atoms with Crippen LogP contribution >= 0.6 is 0 Å². The van der Waals surface area contributed by atoms with Gasteiger partial charge in [0.15, 0.2) is 0 Å². The van der Waals surface area contributed by atoms with Crippen molar-refractivity contribution in [3.63, 3.8) is 0 Å². The van der Waals surface area contributed by atoms with E-state index in [2.05, 4.69) is 28.6 Å². The van der Waals surface area contributed by atoms with Crippen molar-refractivity contribution >= 4 is 17.5 Å². The maximum absolute atomic E-state index is 12.4. The number of rotatable bonds is 5. The highest BCUT2D eigenvalue weighted by Crippen LogP contribution is 2.25. The third-order valence-electron chi connectivity index (χ3n) is 5.20. The molecule has 1 aliphatic carbocycles. The SMILES string of the molecule is CN(Cc1ccccc1NC(=O)C1CCC(=O)N1)C1CCCCC1. The summed E-state index contributed by atoms with van der Waals surface area (Å²) in [6, 6.07) is 8.20. The molecule has 1 atom stereocenters. The van der Waals surface area contributed by atoms with E-state index < -0.39 is 6.04 Å². The van der Waals surface area contributed by atoms with Crippen LogP contribution in [-0.2, 0) is 16.1 Å². The van der Waals surface area contributed by atoms with E-state index in [0.717, 1.165) is 17.8 Å². The summed E-state index contributed by atoms with van der Waals surface area (Å²) in [5.41, 5.74) is 1.98. The zero-order chi connectivity index (χ0) is 16.9. The fraction of sp³-hybridized carbons (Fsp3) is 0.579. The van der Waals surface area contributed by atoms with Gasteiger partial charge in [-0.1, -0.05) is 37.5 Å². The molecule has 3 rings (SSSR count). The van der Waals surface area contributed by atoms with Crippen LogP contribution in [0.25, 0.3) is 0 Å². The van der Waals surface area contributed by atoms with Gasteiger partial charge in [0.25, 0.3) is 0 Å². The molecule has 1 saturated heterocycles. The first kappa shape index (κ1) is 17.0. The lowest BCUT2D eigenvalue weighted by molar-refractivity contribution is -0.122. The highest BCUT2D eigenvalue weighted by Gasteiger charge is 2.27. The van der Waals surface area contributed by atoms with E-state index in [1.54, 1.807) is 0 Å². The van der Waals surface area contributed by atoms with E-state index in [1.807, 2.05) is 18.2 Å². The fourth-order valence-electron chi connectivity index (χ4n) is 3.73. The molecule has 1 aliphatic heterocycles. The van der Waals surface area contributed by atoms with Gasteiger partial charge in [-0.05, 0) is 37.9 Å². The molecule has 0 bridgehead atoms.